The van der Waals surface area contributed by atoms with Gasteiger partial charge in [-0.05, 0) is 52.6 Å². The highest BCUT2D eigenvalue weighted by Gasteiger charge is 2.41. The fourth-order valence-corrected chi connectivity index (χ4v) is 15.0. The highest BCUT2D eigenvalue weighted by Crippen LogP contribution is 2.54. The Balaban J connectivity index is 0.000000559. The lowest BCUT2D eigenvalue weighted by Gasteiger charge is -2.31. The van der Waals surface area contributed by atoms with E-state index in [1.54, 1.807) is 81.1 Å². The van der Waals surface area contributed by atoms with Gasteiger partial charge in [-0.1, -0.05) is 121 Å². The second-order valence-electron chi connectivity index (χ2n) is 25.9. The number of benzene rings is 8. The predicted molar refractivity (Wildman–Crippen MR) is 388 cm³/mol. The van der Waals surface area contributed by atoms with Crippen LogP contribution < -0.4 is 70.6 Å². The molecule has 1 fully saturated rings. The van der Waals surface area contributed by atoms with Crippen molar-refractivity contribution in [3.05, 3.63) is 259 Å². The Bertz CT molecular complexity index is 4140. The first-order chi connectivity index (χ1) is 50.5. The SMILES string of the molecule is COc1cc(OC)c2cc1C1CC(=O)N[C@H](c3ccccc3)[C@@H](c3ccccc3)NC(=O)CC2c2cc(c(OC)cc2OC)C2CC(=O)N[C@H](c3ccccc3)[C@@H](c3ccccc3)NC(=O)CC(c3cc2c(OC)cc3OC)c2cc1c(OC)cc2OC.Nc1ccn([C@H]2C[C@H](O)[C@@H](CO)O2)c(=O)n1. The van der Waals surface area contributed by atoms with Crippen LogP contribution >= 0.6 is 0 Å². The average molecular weight is 1410 g/mol. The van der Waals surface area contributed by atoms with Crippen LogP contribution in [0.4, 0.5) is 5.82 Å². The Morgan fingerprint density at radius 1 is 0.404 bits per heavy atom. The normalized spacial score (nSPS) is 22.3. The second-order valence-corrected chi connectivity index (χ2v) is 25.9. The summed E-state index contributed by atoms with van der Waals surface area (Å²) in [5, 5.41) is 32.1. The molecule has 12 bridgehead atoms. The molecule has 540 valence electrons. The number of nitrogens with zero attached hydrogens (tertiary/aromatic N) is 2. The lowest BCUT2D eigenvalue weighted by atomic mass is 9.77. The van der Waals surface area contributed by atoms with Crippen LogP contribution in [0.2, 0.25) is 0 Å². The summed E-state index contributed by atoms with van der Waals surface area (Å²) in [6.07, 6.45) is -1.08. The maximum Gasteiger partial charge on any atom is 0.351 e. The molecule has 3 aliphatic heterocycles. The molecule has 23 nitrogen and oxygen atoms in total. The zero-order chi connectivity index (χ0) is 73.3. The van der Waals surface area contributed by atoms with E-state index in [1.807, 2.05) is 146 Å². The van der Waals surface area contributed by atoms with Gasteiger partial charge in [0, 0.05) is 131 Å². The Hall–Kier alpha value is -11.4. The zero-order valence-corrected chi connectivity index (χ0v) is 59.0. The standard InChI is InChI=1S/C72H72N4O12.C9H13N3O4/c1-81-57-37-58(82-2)50-29-49(57)45-33-65(77)73-69(41-21-13-9-14-22-41)70(42-23-15-10-16-24-42)74-66(78)34-46(50)55-32-56(64(88-8)40-63(55)87-7)48-36-68(80)76-72(44-27-19-12-20-28-44)71(43-25-17-11-18-26-43)75-67(79)35-47(51-30-52(48)60(84-4)38-59(51)83-3)54-31-53(45)61(85-5)39-62(54)86-6;10-7-1-2-12(9(15)11-7)8-3-5(14)6(4-13)16-8/h9-32,37-40,45-48,69-72H,33-36H2,1-8H3,(H,73,77)(H,74,78)(H,75,79)(H,76,80);1-2,5-6,8,13-14H,3-4H2,(H2,10,11,15)/t45?,46?,47?,48?,69-,70-,71-,72-;5-,6+,8+/m10/s1. The number of aliphatic hydroxyl groups is 2. The number of anilines is 1. The fraction of sp³-hybridized carbons (Fsp3) is 0.309. The van der Waals surface area contributed by atoms with E-state index in [0.29, 0.717) is 90.5 Å². The summed E-state index contributed by atoms with van der Waals surface area (Å²) in [7, 11) is 12.5. The molecule has 0 spiro atoms. The lowest BCUT2D eigenvalue weighted by Crippen LogP contribution is -2.41. The first kappa shape index (κ1) is 72.4. The van der Waals surface area contributed by atoms with E-state index >= 15 is 19.2 Å². The van der Waals surface area contributed by atoms with Crippen LogP contribution in [0.3, 0.4) is 0 Å². The molecule has 0 saturated carbocycles. The van der Waals surface area contributed by atoms with Gasteiger partial charge in [0.1, 0.15) is 64.1 Å². The summed E-state index contributed by atoms with van der Waals surface area (Å²) in [4.78, 5) is 77.9. The van der Waals surface area contributed by atoms with Crippen molar-refractivity contribution in [3.8, 4) is 46.0 Å². The number of carbonyl (C=O) groups excluding carboxylic acids is 4. The molecule has 4 aliphatic rings. The number of hydrogen-bond acceptors (Lipinski definition) is 18. The van der Waals surface area contributed by atoms with Crippen LogP contribution in [0, 0.1) is 0 Å². The van der Waals surface area contributed by atoms with Crippen LogP contribution in [0.15, 0.2) is 187 Å². The molecule has 104 heavy (non-hydrogen) atoms. The monoisotopic (exact) mass is 1410 g/mol. The molecular weight excluding hydrogens is 1330 g/mol. The summed E-state index contributed by atoms with van der Waals surface area (Å²) >= 11 is 0. The van der Waals surface area contributed by atoms with E-state index in [2.05, 4.69) is 26.3 Å². The number of nitrogens with two attached hydrogens (primary N) is 1. The molecule has 1 aromatic heterocycles. The van der Waals surface area contributed by atoms with Crippen LogP contribution in [0.5, 0.6) is 46.0 Å². The summed E-state index contributed by atoms with van der Waals surface area (Å²) in [5.74, 6) is -1.86. The maximum atomic E-state index is 15.7. The highest BCUT2D eigenvalue weighted by atomic mass is 16.5. The number of aromatic nitrogens is 2. The molecular formula is C81H85N7O16. The number of rotatable bonds is 14. The van der Waals surface area contributed by atoms with Gasteiger partial charge < -0.3 is 79.8 Å². The molecule has 8 aromatic carbocycles. The second kappa shape index (κ2) is 32.3. The number of carbonyl (C=O) groups is 4. The van der Waals surface area contributed by atoms with E-state index in [0.717, 1.165) is 22.3 Å². The van der Waals surface area contributed by atoms with Crippen LogP contribution in [-0.2, 0) is 23.9 Å². The van der Waals surface area contributed by atoms with Crippen molar-refractivity contribution in [2.75, 3.05) is 69.2 Å². The molecule has 4 heterocycles. The van der Waals surface area contributed by atoms with Gasteiger partial charge in [-0.3, -0.25) is 23.7 Å². The largest absolute Gasteiger partial charge is 0.496 e. The van der Waals surface area contributed by atoms with E-state index in [-0.39, 0.29) is 68.2 Å². The number of nitrogen functional groups attached to an aromatic ring is 1. The summed E-state index contributed by atoms with van der Waals surface area (Å²) < 4.78 is 57.6. The topological polar surface area (TPSA) is 301 Å². The zero-order valence-electron chi connectivity index (χ0n) is 59.0. The Morgan fingerprint density at radius 3 is 0.865 bits per heavy atom. The van der Waals surface area contributed by atoms with E-state index in [1.165, 1.54) is 16.8 Å². The minimum absolute atomic E-state index is 0.138. The van der Waals surface area contributed by atoms with Crippen molar-refractivity contribution >= 4 is 29.4 Å². The molecule has 7 atom stereocenters. The quantitative estimate of drug-likeness (QED) is 0.0532. The maximum absolute atomic E-state index is 15.7. The summed E-state index contributed by atoms with van der Waals surface area (Å²) in [6.45, 7) is -0.283. The van der Waals surface area contributed by atoms with Gasteiger partial charge in [0.05, 0.1) is 93.8 Å². The Labute approximate surface area is 602 Å². The summed E-state index contributed by atoms with van der Waals surface area (Å²) in [5.41, 5.74) is 12.2. The minimum atomic E-state index is -0.885. The summed E-state index contributed by atoms with van der Waals surface area (Å²) in [6, 6.07) is 51.4. The molecule has 1 saturated heterocycles. The molecule has 9 aromatic rings. The first-order valence-electron chi connectivity index (χ1n) is 34.2. The third-order valence-corrected chi connectivity index (χ3v) is 20.0. The van der Waals surface area contributed by atoms with Crippen LogP contribution in [0.1, 0.15) is 153 Å². The number of amides is 4. The van der Waals surface area contributed by atoms with Gasteiger partial charge in [-0.25, -0.2) is 4.79 Å². The number of nitrogens with one attached hydrogen (secondary N) is 4. The first-order valence-corrected chi connectivity index (χ1v) is 34.2. The molecule has 4 amide bonds. The molecule has 1 aliphatic carbocycles. The Kier molecular flexibility index (Phi) is 22.5. The highest BCUT2D eigenvalue weighted by molar-refractivity contribution is 5.84. The third kappa shape index (κ3) is 15.1. The van der Waals surface area contributed by atoms with Crippen molar-refractivity contribution in [2.24, 2.45) is 0 Å². The average Bonchev–Trinajstić information content (AvgIpc) is 0.981. The van der Waals surface area contributed by atoms with Crippen molar-refractivity contribution < 1.29 is 72.0 Å². The molecule has 23 heteroatoms. The van der Waals surface area contributed by atoms with Gasteiger partial charge in [0.25, 0.3) is 0 Å². The third-order valence-electron chi connectivity index (χ3n) is 20.0. The molecule has 13 rings (SSSR count). The fourth-order valence-electron chi connectivity index (χ4n) is 15.0. The minimum Gasteiger partial charge on any atom is -0.496 e. The number of ether oxygens (including phenoxy) is 9. The van der Waals surface area contributed by atoms with Gasteiger partial charge in [0.2, 0.25) is 23.6 Å². The van der Waals surface area contributed by atoms with E-state index in [9.17, 15) is 9.90 Å². The van der Waals surface area contributed by atoms with Crippen LogP contribution in [-0.4, -0.2) is 119 Å². The number of fused-ring (bicyclic) bond motifs is 8. The van der Waals surface area contributed by atoms with Crippen LogP contribution in [0.25, 0.3) is 0 Å². The van der Waals surface area contributed by atoms with Crippen molar-refractivity contribution in [1.82, 2.24) is 30.8 Å². The predicted octanol–water partition coefficient (Wildman–Crippen LogP) is 10.1. The van der Waals surface area contributed by atoms with E-state index < -0.39 is 72.0 Å². The number of aliphatic hydroxyl groups excluding tert-OH is 2. The number of hydrogen-bond donors (Lipinski definition) is 7. The Morgan fingerprint density at radius 2 is 0.654 bits per heavy atom. The van der Waals surface area contributed by atoms with Crippen molar-refractivity contribution in [1.29, 1.82) is 0 Å². The van der Waals surface area contributed by atoms with Gasteiger partial charge in [0.15, 0.2) is 0 Å². The van der Waals surface area contributed by atoms with E-state index in [4.69, 9.17) is 53.5 Å². The molecule has 0 radical (unpaired) electrons. The van der Waals surface area contributed by atoms with Gasteiger partial charge in [-0.2, -0.15) is 4.98 Å². The smallest absolute Gasteiger partial charge is 0.351 e. The molecule has 8 N–H and O–H groups in total. The number of methoxy groups -OCH3 is 8. The van der Waals surface area contributed by atoms with Crippen molar-refractivity contribution in [2.45, 2.75) is 98.4 Å². The van der Waals surface area contributed by atoms with Crippen molar-refractivity contribution in [3.63, 3.8) is 0 Å². The molecule has 0 unspecified atom stereocenters. The van der Waals surface area contributed by atoms with Gasteiger partial charge >= 0.3 is 5.69 Å². The van der Waals surface area contributed by atoms with Gasteiger partial charge in [-0.15, -0.1) is 0 Å². The lowest BCUT2D eigenvalue weighted by molar-refractivity contribution is -0.125.